The molecule has 0 radical (unpaired) electrons. The number of aromatic nitrogens is 3. The third kappa shape index (κ3) is 8.46. The van der Waals surface area contributed by atoms with Crippen molar-refractivity contribution < 1.29 is 9.15 Å². The Hall–Kier alpha value is -3.26. The zero-order valence-electron chi connectivity index (χ0n) is 24.4. The lowest BCUT2D eigenvalue weighted by Crippen LogP contribution is -2.05. The van der Waals surface area contributed by atoms with Gasteiger partial charge < -0.3 is 14.1 Å². The molecule has 1 N–H and O–H groups in total. The highest BCUT2D eigenvalue weighted by Gasteiger charge is 2.18. The molecule has 44 heavy (non-hydrogen) atoms. The number of halogens is 4. The molecule has 10 heteroatoms. The Morgan fingerprint density at radius 3 is 2.25 bits per heavy atom. The molecule has 7 aromatic rings. The Bertz CT molecular complexity index is 1860. The maximum atomic E-state index is 5.82. The van der Waals surface area contributed by atoms with Crippen LogP contribution >= 0.6 is 57.7 Å². The summed E-state index contributed by atoms with van der Waals surface area (Å²) in [7, 11) is 0. The number of nitrogens with zero attached hydrogens (tertiary/aromatic N) is 2. The summed E-state index contributed by atoms with van der Waals surface area (Å²) in [6.07, 6.45) is 1.29. The van der Waals surface area contributed by atoms with Gasteiger partial charge in [0.15, 0.2) is 0 Å². The largest absolute Gasteiger partial charge is 0.490 e. The van der Waals surface area contributed by atoms with Gasteiger partial charge in [0, 0.05) is 31.9 Å². The van der Waals surface area contributed by atoms with E-state index < -0.39 is 0 Å². The summed E-state index contributed by atoms with van der Waals surface area (Å²) >= 11 is 24.9. The Kier molecular flexibility index (Phi) is 10.4. The highest BCUT2D eigenvalue weighted by atomic mass is 35.5. The molecule has 0 aliphatic carbocycles. The van der Waals surface area contributed by atoms with Crippen molar-refractivity contribution in [1.82, 2.24) is 15.0 Å². The molecule has 0 saturated heterocycles. The lowest BCUT2D eigenvalue weighted by atomic mass is 10.1. The number of aryl methyl sites for hydroxylation is 3. The lowest BCUT2D eigenvalue weighted by molar-refractivity contribution is 0.254. The van der Waals surface area contributed by atoms with Crippen molar-refractivity contribution in [2.75, 3.05) is 0 Å². The van der Waals surface area contributed by atoms with E-state index in [0.717, 1.165) is 76.4 Å². The van der Waals surface area contributed by atoms with Crippen LogP contribution in [0.5, 0.6) is 5.75 Å². The van der Waals surface area contributed by atoms with E-state index in [1.807, 2.05) is 99.6 Å². The van der Waals surface area contributed by atoms with Gasteiger partial charge in [0.25, 0.3) is 0 Å². The molecule has 1 atom stereocenters. The fourth-order valence-electron chi connectivity index (χ4n) is 4.66. The second-order valence-corrected chi connectivity index (χ2v) is 13.2. The molecule has 5 nitrogen and oxygen atoms in total. The Balaban J connectivity index is 0.000000116. The number of hydrogen-bond donors (Lipinski definition) is 1. The molecule has 0 fully saturated rings. The number of nitrogens with one attached hydrogen (secondary N) is 1. The van der Waals surface area contributed by atoms with E-state index in [1.165, 1.54) is 10.3 Å². The summed E-state index contributed by atoms with van der Waals surface area (Å²) in [4.78, 5) is 11.7. The Morgan fingerprint density at radius 1 is 0.750 bits per heavy atom. The number of imidazole rings is 1. The molecule has 0 amide bonds. The molecule has 0 saturated carbocycles. The highest BCUT2D eigenvalue weighted by molar-refractivity contribution is 7.18. The molecule has 4 heterocycles. The van der Waals surface area contributed by atoms with Crippen molar-refractivity contribution in [3.05, 3.63) is 121 Å². The molecule has 0 spiro atoms. The van der Waals surface area contributed by atoms with Crippen LogP contribution in [0.1, 0.15) is 29.1 Å². The zero-order chi connectivity index (χ0) is 31.4. The fraction of sp³-hybridized carbons (Fsp3) is 0.176. The lowest BCUT2D eigenvalue weighted by Gasteiger charge is -2.00. The third-order valence-corrected chi connectivity index (χ3v) is 8.37. The van der Waals surface area contributed by atoms with Gasteiger partial charge in [0.2, 0.25) is 0 Å². The summed E-state index contributed by atoms with van der Waals surface area (Å²) < 4.78 is 12.1. The van der Waals surface area contributed by atoms with Gasteiger partial charge in [-0.15, -0.1) is 11.3 Å². The van der Waals surface area contributed by atoms with Crippen LogP contribution in [-0.4, -0.2) is 21.1 Å². The summed E-state index contributed by atoms with van der Waals surface area (Å²) in [5.41, 5.74) is 5.08. The first kappa shape index (κ1) is 32.1. The molecular formula is C34H29Cl4N3O2S. The average molecular weight is 686 g/mol. The van der Waals surface area contributed by atoms with Gasteiger partial charge in [0.1, 0.15) is 29.0 Å². The van der Waals surface area contributed by atoms with Crippen LogP contribution in [0.2, 0.25) is 20.1 Å². The van der Waals surface area contributed by atoms with Crippen LogP contribution < -0.4 is 4.74 Å². The number of rotatable bonds is 0. The molecule has 1 unspecified atom stereocenters. The first-order chi connectivity index (χ1) is 21.0. The van der Waals surface area contributed by atoms with E-state index in [2.05, 4.69) is 21.9 Å². The molecule has 1 aliphatic heterocycles. The van der Waals surface area contributed by atoms with Crippen molar-refractivity contribution >= 4 is 90.0 Å². The first-order valence-electron chi connectivity index (χ1n) is 13.8. The molecule has 3 aromatic heterocycles. The van der Waals surface area contributed by atoms with E-state index in [-0.39, 0.29) is 0 Å². The SMILES string of the molecule is CC1Cc2cc(Cl)ccc2O1.Cc1cc2cc(Cl)ccc2o1.Cc1nc2cc(Cl)ccc2s1.Cc1nc2ccc(Cl)cc2[nH]1. The number of benzene rings is 4. The number of hydrogen-bond acceptors (Lipinski definition) is 5. The van der Waals surface area contributed by atoms with E-state index in [4.69, 9.17) is 55.6 Å². The minimum Gasteiger partial charge on any atom is -0.490 e. The van der Waals surface area contributed by atoms with Gasteiger partial charge >= 0.3 is 0 Å². The molecule has 4 aromatic carbocycles. The fourth-order valence-corrected chi connectivity index (χ4v) is 6.18. The highest BCUT2D eigenvalue weighted by Crippen LogP contribution is 2.30. The first-order valence-corrected chi connectivity index (χ1v) is 16.1. The number of ether oxygens (including phenoxy) is 1. The standard InChI is InChI=1S/C9H9ClO.C9H7ClO.C8H7ClN2.C8H6ClNS/c2*1-6-4-7-5-8(10)2-3-9(7)11-6;1-5-10-7-3-2-6(9)4-8(7)11-5;1-5-10-7-4-6(9)2-3-8(7)11-5/h2-3,5-6H,4H2,1H3;2-5H,1H3;2-4H,1H3,(H,10,11);2-4H,1H3. The maximum absolute atomic E-state index is 5.82. The van der Waals surface area contributed by atoms with E-state index in [9.17, 15) is 0 Å². The maximum Gasteiger partial charge on any atom is 0.134 e. The van der Waals surface area contributed by atoms with E-state index in [1.54, 1.807) is 11.3 Å². The summed E-state index contributed by atoms with van der Waals surface area (Å²) in [6.45, 7) is 7.91. The predicted molar refractivity (Wildman–Crippen MR) is 186 cm³/mol. The topological polar surface area (TPSA) is 63.9 Å². The van der Waals surface area contributed by atoms with Crippen LogP contribution in [0.3, 0.4) is 0 Å². The second-order valence-electron chi connectivity index (χ2n) is 10.3. The number of fused-ring (bicyclic) bond motifs is 4. The molecule has 0 bridgehead atoms. The van der Waals surface area contributed by atoms with Crippen molar-refractivity contribution in [3.8, 4) is 5.75 Å². The number of furan rings is 1. The van der Waals surface area contributed by atoms with Gasteiger partial charge in [0.05, 0.1) is 26.3 Å². The molecule has 1 aliphatic rings. The van der Waals surface area contributed by atoms with Crippen molar-refractivity contribution in [2.24, 2.45) is 0 Å². The van der Waals surface area contributed by atoms with Crippen LogP contribution in [-0.2, 0) is 6.42 Å². The number of thiazole rings is 1. The number of aromatic amines is 1. The Morgan fingerprint density at radius 2 is 1.43 bits per heavy atom. The van der Waals surface area contributed by atoms with Crippen LogP contribution in [0, 0.1) is 20.8 Å². The van der Waals surface area contributed by atoms with Crippen LogP contribution in [0.15, 0.2) is 83.3 Å². The molecule has 226 valence electrons. The molecular weight excluding hydrogens is 656 g/mol. The van der Waals surface area contributed by atoms with Gasteiger partial charge in [-0.25, -0.2) is 9.97 Å². The second kappa shape index (κ2) is 14.2. The van der Waals surface area contributed by atoms with Crippen molar-refractivity contribution in [2.45, 2.75) is 40.2 Å². The van der Waals surface area contributed by atoms with Gasteiger partial charge in [-0.2, -0.15) is 0 Å². The third-order valence-electron chi connectivity index (χ3n) is 6.48. The van der Waals surface area contributed by atoms with E-state index >= 15 is 0 Å². The summed E-state index contributed by atoms with van der Waals surface area (Å²) in [5.74, 6) is 2.83. The van der Waals surface area contributed by atoms with Gasteiger partial charge in [-0.3, -0.25) is 0 Å². The Labute approximate surface area is 279 Å². The summed E-state index contributed by atoms with van der Waals surface area (Å²) in [6, 6.07) is 24.7. The minimum atomic E-state index is 0.309. The van der Waals surface area contributed by atoms with Gasteiger partial charge in [-0.05, 0) is 112 Å². The van der Waals surface area contributed by atoms with Gasteiger partial charge in [-0.1, -0.05) is 46.4 Å². The van der Waals surface area contributed by atoms with Crippen molar-refractivity contribution in [3.63, 3.8) is 0 Å². The monoisotopic (exact) mass is 683 g/mol. The van der Waals surface area contributed by atoms with Crippen LogP contribution in [0.4, 0.5) is 0 Å². The average Bonchev–Trinajstić information content (AvgIpc) is 3.71. The normalized spacial score (nSPS) is 13.3. The van der Waals surface area contributed by atoms with Crippen LogP contribution in [0.25, 0.3) is 32.2 Å². The zero-order valence-corrected chi connectivity index (χ0v) is 28.3. The quantitative estimate of drug-likeness (QED) is 0.173. The number of H-pyrrole nitrogens is 1. The van der Waals surface area contributed by atoms with Crippen molar-refractivity contribution in [1.29, 1.82) is 0 Å². The minimum absolute atomic E-state index is 0.309. The predicted octanol–water partition coefficient (Wildman–Crippen LogP) is 11.8. The summed E-state index contributed by atoms with van der Waals surface area (Å²) in [5, 5.41) is 5.18. The van der Waals surface area contributed by atoms with E-state index in [0.29, 0.717) is 6.10 Å². The molecule has 8 rings (SSSR count). The smallest absolute Gasteiger partial charge is 0.134 e.